The molecule has 0 spiro atoms. The summed E-state index contributed by atoms with van der Waals surface area (Å²) in [5, 5.41) is 9.06. The molecule has 1 N–H and O–H groups in total. The summed E-state index contributed by atoms with van der Waals surface area (Å²) in [4.78, 5) is 11.0. The second kappa shape index (κ2) is 6.60. The highest BCUT2D eigenvalue weighted by Crippen LogP contribution is 2.44. The summed E-state index contributed by atoms with van der Waals surface area (Å²) < 4.78 is 2.28. The summed E-state index contributed by atoms with van der Waals surface area (Å²) in [6, 6.07) is 21.5. The molecule has 2 aromatic rings. The number of benzene rings is 2. The number of hydrogen-bond donors (Lipinski definition) is 1. The van der Waals surface area contributed by atoms with Crippen molar-refractivity contribution < 1.29 is 14.5 Å². The third-order valence-corrected chi connectivity index (χ3v) is 5.48. The van der Waals surface area contributed by atoms with E-state index in [0.717, 1.165) is 6.42 Å². The molecule has 0 fully saturated rings. The Morgan fingerprint density at radius 3 is 2.04 bits per heavy atom. The van der Waals surface area contributed by atoms with Gasteiger partial charge in [0, 0.05) is 12.8 Å². The topological polar surface area (TPSA) is 40.3 Å². The Hall–Kier alpha value is -2.42. The first kappa shape index (κ1) is 16.4. The lowest BCUT2D eigenvalue weighted by atomic mass is 9.68. The molecule has 1 aliphatic rings. The van der Waals surface area contributed by atoms with E-state index in [4.69, 9.17) is 5.11 Å². The van der Waals surface area contributed by atoms with E-state index < -0.39 is 5.97 Å². The Morgan fingerprint density at radius 2 is 1.58 bits per heavy atom. The molecule has 0 saturated heterocycles. The van der Waals surface area contributed by atoms with E-state index in [9.17, 15) is 4.79 Å². The van der Waals surface area contributed by atoms with Crippen molar-refractivity contribution >= 4 is 11.7 Å². The SMILES string of the molecule is CC1[N+](C)=C(CCC(=O)O)CC1(c1ccccc1)c1ccccc1. The third kappa shape index (κ3) is 2.75. The minimum Gasteiger partial charge on any atom is -0.481 e. The van der Waals surface area contributed by atoms with Crippen LogP contribution in [0.15, 0.2) is 60.7 Å². The number of nitrogens with zero attached hydrogens (tertiary/aromatic N) is 1. The summed E-state index contributed by atoms with van der Waals surface area (Å²) in [6.07, 6.45) is 1.66. The predicted octanol–water partition coefficient (Wildman–Crippen LogP) is 3.71. The van der Waals surface area contributed by atoms with Gasteiger partial charge in [-0.1, -0.05) is 60.7 Å². The monoisotopic (exact) mass is 322 g/mol. The molecule has 0 radical (unpaired) electrons. The first-order valence-electron chi connectivity index (χ1n) is 8.46. The molecule has 3 nitrogen and oxygen atoms in total. The molecule has 0 bridgehead atoms. The van der Waals surface area contributed by atoms with E-state index in [1.807, 2.05) is 12.1 Å². The summed E-state index contributed by atoms with van der Waals surface area (Å²) in [5.74, 6) is -0.736. The normalized spacial score (nSPS) is 19.5. The van der Waals surface area contributed by atoms with Gasteiger partial charge in [-0.15, -0.1) is 0 Å². The molecular formula is C21H24NO2+. The highest BCUT2D eigenvalue weighted by atomic mass is 16.4. The van der Waals surface area contributed by atoms with Gasteiger partial charge in [0.15, 0.2) is 11.8 Å². The molecule has 24 heavy (non-hydrogen) atoms. The first-order chi connectivity index (χ1) is 11.6. The minimum atomic E-state index is -0.736. The van der Waals surface area contributed by atoms with Crippen molar-refractivity contribution in [2.45, 2.75) is 37.6 Å². The van der Waals surface area contributed by atoms with Gasteiger partial charge in [-0.2, -0.15) is 0 Å². The average molecular weight is 322 g/mol. The van der Waals surface area contributed by atoms with Crippen LogP contribution in [0.25, 0.3) is 0 Å². The summed E-state index contributed by atoms with van der Waals surface area (Å²) in [5.41, 5.74) is 3.67. The first-order valence-corrected chi connectivity index (χ1v) is 8.46. The molecule has 0 saturated carbocycles. The van der Waals surface area contributed by atoms with E-state index in [0.29, 0.717) is 6.42 Å². The quantitative estimate of drug-likeness (QED) is 0.853. The van der Waals surface area contributed by atoms with Crippen LogP contribution in [0.5, 0.6) is 0 Å². The molecule has 124 valence electrons. The maximum absolute atomic E-state index is 11.0. The lowest BCUT2D eigenvalue weighted by Crippen LogP contribution is -2.39. The lowest BCUT2D eigenvalue weighted by molar-refractivity contribution is -0.533. The fourth-order valence-corrected chi connectivity index (χ4v) is 4.04. The van der Waals surface area contributed by atoms with Gasteiger partial charge in [0.2, 0.25) is 0 Å². The third-order valence-electron chi connectivity index (χ3n) is 5.48. The number of aliphatic carboxylic acids is 1. The van der Waals surface area contributed by atoms with Crippen LogP contribution in [0, 0.1) is 0 Å². The maximum atomic E-state index is 11.0. The molecule has 3 heteroatoms. The van der Waals surface area contributed by atoms with Gasteiger partial charge in [0.05, 0.1) is 11.8 Å². The largest absolute Gasteiger partial charge is 0.481 e. The summed E-state index contributed by atoms with van der Waals surface area (Å²) >= 11 is 0. The van der Waals surface area contributed by atoms with Gasteiger partial charge in [-0.25, -0.2) is 4.58 Å². The van der Waals surface area contributed by atoms with Crippen molar-refractivity contribution in [1.29, 1.82) is 0 Å². The van der Waals surface area contributed by atoms with Crippen LogP contribution in [0.4, 0.5) is 0 Å². The zero-order valence-corrected chi connectivity index (χ0v) is 14.3. The fourth-order valence-electron chi connectivity index (χ4n) is 4.04. The molecule has 0 amide bonds. The highest BCUT2D eigenvalue weighted by Gasteiger charge is 2.52. The number of carboxylic acid groups (broad SMARTS) is 1. The smallest absolute Gasteiger partial charge is 0.303 e. The lowest BCUT2D eigenvalue weighted by Gasteiger charge is -2.31. The Labute approximate surface area is 143 Å². The van der Waals surface area contributed by atoms with Crippen molar-refractivity contribution in [2.75, 3.05) is 7.05 Å². The fraction of sp³-hybridized carbons (Fsp3) is 0.333. The van der Waals surface area contributed by atoms with E-state index in [-0.39, 0.29) is 17.9 Å². The zero-order valence-electron chi connectivity index (χ0n) is 14.3. The van der Waals surface area contributed by atoms with E-state index in [1.165, 1.54) is 16.8 Å². The second-order valence-electron chi connectivity index (χ2n) is 6.63. The predicted molar refractivity (Wildman–Crippen MR) is 95.8 cm³/mol. The van der Waals surface area contributed by atoms with Gasteiger partial charge in [0.1, 0.15) is 7.05 Å². The molecule has 0 aromatic heterocycles. The molecule has 1 atom stereocenters. The molecule has 1 unspecified atom stereocenters. The van der Waals surface area contributed by atoms with Crippen LogP contribution in [0.1, 0.15) is 37.3 Å². The molecule has 0 aliphatic carbocycles. The van der Waals surface area contributed by atoms with Gasteiger partial charge in [0.25, 0.3) is 0 Å². The van der Waals surface area contributed by atoms with Crippen LogP contribution >= 0.6 is 0 Å². The van der Waals surface area contributed by atoms with Gasteiger partial charge in [-0.3, -0.25) is 4.79 Å². The molecule has 1 aliphatic heterocycles. The van der Waals surface area contributed by atoms with Crippen LogP contribution in [0.3, 0.4) is 0 Å². The summed E-state index contributed by atoms with van der Waals surface area (Å²) in [7, 11) is 2.09. The van der Waals surface area contributed by atoms with Crippen LogP contribution in [0.2, 0.25) is 0 Å². The van der Waals surface area contributed by atoms with Crippen LogP contribution < -0.4 is 0 Å². The van der Waals surface area contributed by atoms with Gasteiger partial charge in [-0.05, 0) is 18.1 Å². The van der Waals surface area contributed by atoms with Crippen molar-refractivity contribution in [2.24, 2.45) is 0 Å². The van der Waals surface area contributed by atoms with Gasteiger partial charge < -0.3 is 5.11 Å². The number of likely N-dealkylation sites (N-methyl/N-ethyl adjacent to an activating group) is 1. The molecule has 3 rings (SSSR count). The number of rotatable bonds is 5. The number of hydrogen-bond acceptors (Lipinski definition) is 1. The van der Waals surface area contributed by atoms with Crippen LogP contribution in [-0.4, -0.2) is 34.5 Å². The standard InChI is InChI=1S/C21H23NO2/c1-16-21(17-9-5-3-6-10-17,18-11-7-4-8-12-18)15-19(22(16)2)13-14-20(23)24/h3-12,16H,13-15H2,1-2H3/p+1. The number of carbonyl (C=O) groups is 1. The minimum absolute atomic E-state index is 0.134. The highest BCUT2D eigenvalue weighted by molar-refractivity contribution is 5.86. The van der Waals surface area contributed by atoms with E-state index >= 15 is 0 Å². The van der Waals surface area contributed by atoms with E-state index in [2.05, 4.69) is 67.1 Å². The van der Waals surface area contributed by atoms with Crippen molar-refractivity contribution in [3.8, 4) is 0 Å². The average Bonchev–Trinajstić information content (AvgIpc) is 2.87. The Balaban J connectivity index is 2.07. The van der Waals surface area contributed by atoms with Crippen molar-refractivity contribution in [3.05, 3.63) is 71.8 Å². The molecule has 2 aromatic carbocycles. The Morgan fingerprint density at radius 1 is 1.08 bits per heavy atom. The molecule has 1 heterocycles. The summed E-state index contributed by atoms with van der Waals surface area (Å²) in [6.45, 7) is 2.24. The maximum Gasteiger partial charge on any atom is 0.303 e. The molecular weight excluding hydrogens is 298 g/mol. The zero-order chi connectivity index (χ0) is 17.2. The second-order valence-corrected chi connectivity index (χ2v) is 6.63. The number of carboxylic acids is 1. The van der Waals surface area contributed by atoms with Crippen molar-refractivity contribution in [3.63, 3.8) is 0 Å². The Bertz CT molecular complexity index is 710. The van der Waals surface area contributed by atoms with E-state index in [1.54, 1.807) is 0 Å². The van der Waals surface area contributed by atoms with Gasteiger partial charge >= 0.3 is 5.97 Å². The van der Waals surface area contributed by atoms with Crippen molar-refractivity contribution in [1.82, 2.24) is 0 Å². The Kier molecular flexibility index (Phi) is 4.52. The van der Waals surface area contributed by atoms with Crippen LogP contribution in [-0.2, 0) is 10.2 Å².